The molecule has 1 atom stereocenters. The number of hydrogen-bond acceptors (Lipinski definition) is 4. The van der Waals surface area contributed by atoms with Crippen LogP contribution in [0.4, 0.5) is 5.82 Å². The summed E-state index contributed by atoms with van der Waals surface area (Å²) in [6.07, 6.45) is 1.42. The van der Waals surface area contributed by atoms with Crippen molar-refractivity contribution < 1.29 is 9.90 Å². The van der Waals surface area contributed by atoms with E-state index in [2.05, 4.69) is 4.98 Å². The van der Waals surface area contributed by atoms with Crippen LogP contribution < -0.4 is 10.5 Å². The molecule has 0 bridgehead atoms. The van der Waals surface area contributed by atoms with Crippen molar-refractivity contribution in [3.63, 3.8) is 0 Å². The third-order valence-electron chi connectivity index (χ3n) is 4.22. The number of carbonyl (C=O) groups is 1. The zero-order chi connectivity index (χ0) is 15.7. The monoisotopic (exact) mass is 301 g/mol. The van der Waals surface area contributed by atoms with Gasteiger partial charge in [-0.2, -0.15) is 0 Å². The molecule has 0 radical (unpaired) electrons. The van der Waals surface area contributed by atoms with Crippen LogP contribution >= 0.6 is 0 Å². The Kier molecular flexibility index (Phi) is 3.83. The number of para-hydroxylation sites is 2. The van der Waals surface area contributed by atoms with Crippen molar-refractivity contribution in [3.05, 3.63) is 34.6 Å². The Morgan fingerprint density at radius 2 is 2.18 bits per heavy atom. The maximum absolute atomic E-state index is 12.7. The lowest BCUT2D eigenvalue weighted by Crippen LogP contribution is -2.42. The average molecular weight is 301 g/mol. The molecular weight excluding hydrogens is 282 g/mol. The molecule has 6 heteroatoms. The first-order valence-electron chi connectivity index (χ1n) is 7.59. The molecule has 2 aromatic rings. The van der Waals surface area contributed by atoms with E-state index >= 15 is 0 Å². The summed E-state index contributed by atoms with van der Waals surface area (Å²) in [5, 5.41) is 9.21. The molecule has 1 aromatic carbocycles. The predicted molar refractivity (Wildman–Crippen MR) is 84.2 cm³/mol. The van der Waals surface area contributed by atoms with Crippen molar-refractivity contribution in [2.24, 2.45) is 5.92 Å². The van der Waals surface area contributed by atoms with Gasteiger partial charge in [-0.1, -0.05) is 12.1 Å². The van der Waals surface area contributed by atoms with Crippen molar-refractivity contribution >= 4 is 22.8 Å². The van der Waals surface area contributed by atoms with E-state index in [-0.39, 0.29) is 5.56 Å². The number of rotatable bonds is 3. The highest BCUT2D eigenvalue weighted by atomic mass is 16.4. The van der Waals surface area contributed by atoms with Crippen molar-refractivity contribution in [2.45, 2.75) is 26.3 Å². The van der Waals surface area contributed by atoms with Crippen molar-refractivity contribution in [1.82, 2.24) is 9.55 Å². The van der Waals surface area contributed by atoms with Crippen molar-refractivity contribution in [2.75, 3.05) is 18.0 Å². The molecule has 116 valence electrons. The van der Waals surface area contributed by atoms with Crippen LogP contribution in [0.15, 0.2) is 29.1 Å². The molecule has 1 aliphatic heterocycles. The maximum atomic E-state index is 12.7. The third kappa shape index (κ3) is 2.45. The standard InChI is InChI=1S/C16H19N3O3/c1-2-19-13-8-4-3-7-12(13)17-14(15(19)20)18-9-5-6-11(10-18)16(21)22/h3-4,7-8,11H,2,5-6,9-10H2,1H3,(H,21,22)/t11-/m1/s1. The molecular formula is C16H19N3O3. The molecule has 6 nitrogen and oxygen atoms in total. The van der Waals surface area contributed by atoms with Gasteiger partial charge in [0, 0.05) is 19.6 Å². The first-order valence-corrected chi connectivity index (χ1v) is 7.59. The minimum atomic E-state index is -0.804. The van der Waals surface area contributed by atoms with E-state index in [1.54, 1.807) is 4.57 Å². The van der Waals surface area contributed by atoms with E-state index in [0.717, 1.165) is 17.5 Å². The van der Waals surface area contributed by atoms with E-state index < -0.39 is 11.9 Å². The van der Waals surface area contributed by atoms with Gasteiger partial charge in [-0.25, -0.2) is 4.98 Å². The second-order valence-corrected chi connectivity index (χ2v) is 5.60. The molecule has 0 amide bonds. The van der Waals surface area contributed by atoms with Gasteiger partial charge in [0.1, 0.15) is 0 Å². The summed E-state index contributed by atoms with van der Waals surface area (Å²) in [6, 6.07) is 7.53. The summed E-state index contributed by atoms with van der Waals surface area (Å²) >= 11 is 0. The first kappa shape index (κ1) is 14.6. The number of benzene rings is 1. The van der Waals surface area contributed by atoms with Gasteiger partial charge in [-0.3, -0.25) is 9.59 Å². The van der Waals surface area contributed by atoms with E-state index in [4.69, 9.17) is 0 Å². The van der Waals surface area contributed by atoms with E-state index in [1.165, 1.54) is 0 Å². The van der Waals surface area contributed by atoms with Crippen LogP contribution in [0.25, 0.3) is 11.0 Å². The van der Waals surface area contributed by atoms with Gasteiger partial charge in [-0.15, -0.1) is 0 Å². The number of aliphatic carboxylic acids is 1. The van der Waals surface area contributed by atoms with Gasteiger partial charge in [0.25, 0.3) is 5.56 Å². The third-order valence-corrected chi connectivity index (χ3v) is 4.22. The van der Waals surface area contributed by atoms with Gasteiger partial charge in [0.05, 0.1) is 17.0 Å². The highest BCUT2D eigenvalue weighted by Crippen LogP contribution is 2.21. The minimum Gasteiger partial charge on any atom is -0.481 e. The van der Waals surface area contributed by atoms with Crippen LogP contribution in [0.1, 0.15) is 19.8 Å². The fourth-order valence-electron chi connectivity index (χ4n) is 3.07. The number of aryl methyl sites for hydroxylation is 1. The van der Waals surface area contributed by atoms with Crippen LogP contribution in [0.3, 0.4) is 0 Å². The zero-order valence-corrected chi connectivity index (χ0v) is 12.5. The quantitative estimate of drug-likeness (QED) is 0.934. The van der Waals surface area contributed by atoms with Gasteiger partial charge >= 0.3 is 5.97 Å². The molecule has 0 aliphatic carbocycles. The Morgan fingerprint density at radius 1 is 1.41 bits per heavy atom. The maximum Gasteiger partial charge on any atom is 0.308 e. The highest BCUT2D eigenvalue weighted by Gasteiger charge is 2.28. The second kappa shape index (κ2) is 5.79. The number of anilines is 1. The molecule has 2 heterocycles. The Bertz CT molecular complexity index is 769. The summed E-state index contributed by atoms with van der Waals surface area (Å²) < 4.78 is 1.70. The van der Waals surface area contributed by atoms with Gasteiger partial charge in [-0.05, 0) is 31.9 Å². The normalized spacial score (nSPS) is 18.6. The Labute approximate surface area is 128 Å². The van der Waals surface area contributed by atoms with Crippen LogP contribution in [0, 0.1) is 5.92 Å². The number of piperidine rings is 1. The van der Waals surface area contributed by atoms with E-state index in [1.807, 2.05) is 36.1 Å². The summed E-state index contributed by atoms with van der Waals surface area (Å²) in [5.74, 6) is -0.871. The summed E-state index contributed by atoms with van der Waals surface area (Å²) in [6.45, 7) is 3.51. The van der Waals surface area contributed by atoms with Gasteiger partial charge in [0.2, 0.25) is 0 Å². The Morgan fingerprint density at radius 3 is 2.91 bits per heavy atom. The molecule has 3 rings (SSSR count). The number of hydrogen-bond donors (Lipinski definition) is 1. The lowest BCUT2D eigenvalue weighted by atomic mass is 9.98. The minimum absolute atomic E-state index is 0.146. The summed E-state index contributed by atoms with van der Waals surface area (Å²) in [4.78, 5) is 30.2. The molecule has 1 fully saturated rings. The molecule has 0 saturated carbocycles. The average Bonchev–Trinajstić information content (AvgIpc) is 2.54. The van der Waals surface area contributed by atoms with Crippen LogP contribution in [0.5, 0.6) is 0 Å². The SMILES string of the molecule is CCn1c(=O)c(N2CCC[C@@H](C(=O)O)C2)nc2ccccc21. The van der Waals surface area contributed by atoms with E-state index in [9.17, 15) is 14.7 Å². The summed E-state index contributed by atoms with van der Waals surface area (Å²) in [7, 11) is 0. The van der Waals surface area contributed by atoms with Gasteiger partial charge < -0.3 is 14.6 Å². The predicted octanol–water partition coefficient (Wildman–Crippen LogP) is 1.72. The van der Waals surface area contributed by atoms with Gasteiger partial charge in [0.15, 0.2) is 5.82 Å². The summed E-state index contributed by atoms with van der Waals surface area (Å²) in [5.41, 5.74) is 1.43. The number of carboxylic acid groups (broad SMARTS) is 1. The Hall–Kier alpha value is -2.37. The molecule has 1 aromatic heterocycles. The number of nitrogens with zero attached hydrogens (tertiary/aromatic N) is 3. The molecule has 0 unspecified atom stereocenters. The molecule has 0 spiro atoms. The second-order valence-electron chi connectivity index (χ2n) is 5.60. The number of carboxylic acids is 1. The smallest absolute Gasteiger partial charge is 0.308 e. The molecule has 22 heavy (non-hydrogen) atoms. The van der Waals surface area contributed by atoms with Crippen molar-refractivity contribution in [3.8, 4) is 0 Å². The molecule has 1 saturated heterocycles. The largest absolute Gasteiger partial charge is 0.481 e. The molecule has 1 N–H and O–H groups in total. The highest BCUT2D eigenvalue weighted by molar-refractivity contribution is 5.76. The fourth-order valence-corrected chi connectivity index (χ4v) is 3.07. The number of aromatic nitrogens is 2. The topological polar surface area (TPSA) is 75.4 Å². The van der Waals surface area contributed by atoms with Crippen LogP contribution in [0.2, 0.25) is 0 Å². The zero-order valence-electron chi connectivity index (χ0n) is 12.5. The molecule has 1 aliphatic rings. The van der Waals surface area contributed by atoms with Crippen LogP contribution in [-0.4, -0.2) is 33.7 Å². The van der Waals surface area contributed by atoms with E-state index in [0.29, 0.717) is 31.9 Å². The first-order chi connectivity index (χ1) is 10.6. The number of fused-ring (bicyclic) bond motifs is 1. The van der Waals surface area contributed by atoms with Crippen LogP contribution in [-0.2, 0) is 11.3 Å². The van der Waals surface area contributed by atoms with Crippen molar-refractivity contribution in [1.29, 1.82) is 0 Å². The lowest BCUT2D eigenvalue weighted by Gasteiger charge is -2.31. The lowest BCUT2D eigenvalue weighted by molar-refractivity contribution is -0.141. The fraction of sp³-hybridized carbons (Fsp3) is 0.438. The Balaban J connectivity index is 2.09.